The molecule has 0 aliphatic rings. The molecule has 110 valence electrons. The number of hydrogen-bond acceptors (Lipinski definition) is 3. The molecule has 0 saturated heterocycles. The van der Waals surface area contributed by atoms with Gasteiger partial charge in [-0.25, -0.2) is 9.59 Å². The minimum absolute atomic E-state index is 0.132. The van der Waals surface area contributed by atoms with Gasteiger partial charge in [0.05, 0.1) is 6.54 Å². The molecule has 2 rings (SSSR count). The molecule has 1 aromatic heterocycles. The summed E-state index contributed by atoms with van der Waals surface area (Å²) in [4.78, 5) is 22.3. The van der Waals surface area contributed by atoms with Gasteiger partial charge in [0.25, 0.3) is 0 Å². The van der Waals surface area contributed by atoms with Gasteiger partial charge in [0, 0.05) is 6.54 Å². The van der Waals surface area contributed by atoms with E-state index in [1.165, 1.54) is 12.1 Å². The average molecular weight is 288 g/mol. The quantitative estimate of drug-likeness (QED) is 0.787. The Morgan fingerprint density at radius 1 is 1.14 bits per heavy atom. The zero-order valence-corrected chi connectivity index (χ0v) is 11.6. The minimum Gasteiger partial charge on any atom is -0.475 e. The summed E-state index contributed by atoms with van der Waals surface area (Å²) in [5.41, 5.74) is 2.14. The third-order valence-corrected chi connectivity index (χ3v) is 2.83. The van der Waals surface area contributed by atoms with Crippen LogP contribution in [0.25, 0.3) is 0 Å². The van der Waals surface area contributed by atoms with Gasteiger partial charge in [-0.1, -0.05) is 29.8 Å². The number of nitrogens with one attached hydrogen (secondary N) is 2. The van der Waals surface area contributed by atoms with Crippen molar-refractivity contribution < 1.29 is 19.1 Å². The molecule has 0 fully saturated rings. The van der Waals surface area contributed by atoms with E-state index in [4.69, 9.17) is 9.52 Å². The van der Waals surface area contributed by atoms with Crippen LogP contribution in [0.2, 0.25) is 0 Å². The monoisotopic (exact) mass is 288 g/mol. The first-order chi connectivity index (χ1) is 10.0. The summed E-state index contributed by atoms with van der Waals surface area (Å²) >= 11 is 0. The number of hydrogen-bond donors (Lipinski definition) is 3. The predicted octanol–water partition coefficient (Wildman–Crippen LogP) is 2.29. The number of amides is 2. The molecule has 0 spiro atoms. The number of carbonyl (C=O) groups excluding carboxylic acids is 1. The van der Waals surface area contributed by atoms with E-state index < -0.39 is 5.97 Å². The molecule has 1 aromatic carbocycles. The lowest BCUT2D eigenvalue weighted by Gasteiger charge is -2.07. The lowest BCUT2D eigenvalue weighted by molar-refractivity contribution is 0.0660. The normalized spacial score (nSPS) is 10.1. The Kier molecular flexibility index (Phi) is 4.61. The van der Waals surface area contributed by atoms with Crippen LogP contribution < -0.4 is 10.6 Å². The number of urea groups is 1. The molecule has 6 heteroatoms. The van der Waals surface area contributed by atoms with E-state index in [0.717, 1.165) is 11.1 Å². The van der Waals surface area contributed by atoms with Crippen LogP contribution in [0.1, 0.15) is 27.4 Å². The van der Waals surface area contributed by atoms with Crippen LogP contribution in [0.15, 0.2) is 40.8 Å². The van der Waals surface area contributed by atoms with E-state index in [2.05, 4.69) is 10.6 Å². The summed E-state index contributed by atoms with van der Waals surface area (Å²) in [6, 6.07) is 10.4. The Morgan fingerprint density at radius 2 is 1.90 bits per heavy atom. The first-order valence-electron chi connectivity index (χ1n) is 6.44. The topological polar surface area (TPSA) is 91.6 Å². The highest BCUT2D eigenvalue weighted by molar-refractivity contribution is 5.84. The Hall–Kier alpha value is -2.76. The molecular formula is C15H16N2O4. The van der Waals surface area contributed by atoms with Gasteiger partial charge >= 0.3 is 12.0 Å². The second-order valence-corrected chi connectivity index (χ2v) is 4.60. The molecule has 3 N–H and O–H groups in total. The van der Waals surface area contributed by atoms with Crippen molar-refractivity contribution in [2.24, 2.45) is 0 Å². The van der Waals surface area contributed by atoms with E-state index >= 15 is 0 Å². The molecule has 0 aliphatic heterocycles. The number of rotatable bonds is 5. The number of aryl methyl sites for hydroxylation is 1. The van der Waals surface area contributed by atoms with Crippen molar-refractivity contribution in [2.75, 3.05) is 0 Å². The van der Waals surface area contributed by atoms with Crippen molar-refractivity contribution >= 4 is 12.0 Å². The number of furan rings is 1. The standard InChI is InChI=1S/C15H16N2O4/c1-10-3-2-4-11(7-10)8-16-15(20)17-9-12-5-6-13(21-12)14(18)19/h2-7H,8-9H2,1H3,(H,18,19)(H2,16,17,20). The maximum absolute atomic E-state index is 11.6. The molecule has 0 radical (unpaired) electrons. The number of carboxylic acid groups (broad SMARTS) is 1. The zero-order valence-electron chi connectivity index (χ0n) is 11.6. The molecule has 2 aromatic rings. The molecule has 1 heterocycles. The fourth-order valence-electron chi connectivity index (χ4n) is 1.82. The van der Waals surface area contributed by atoms with Crippen LogP contribution in [0.3, 0.4) is 0 Å². The van der Waals surface area contributed by atoms with Crippen LogP contribution in [0.5, 0.6) is 0 Å². The fourth-order valence-corrected chi connectivity index (χ4v) is 1.82. The molecular weight excluding hydrogens is 272 g/mol. The summed E-state index contributed by atoms with van der Waals surface area (Å²) in [7, 11) is 0. The van der Waals surface area contributed by atoms with Gasteiger partial charge in [-0.2, -0.15) is 0 Å². The molecule has 21 heavy (non-hydrogen) atoms. The maximum atomic E-state index is 11.6. The van der Waals surface area contributed by atoms with Crippen molar-refractivity contribution in [2.45, 2.75) is 20.0 Å². The van der Waals surface area contributed by atoms with E-state index in [0.29, 0.717) is 12.3 Å². The molecule has 0 aliphatic carbocycles. The van der Waals surface area contributed by atoms with E-state index in [1.807, 2.05) is 31.2 Å². The molecule has 2 amide bonds. The molecule has 0 unspecified atom stereocenters. The second kappa shape index (κ2) is 6.60. The SMILES string of the molecule is Cc1cccc(CNC(=O)NCc2ccc(C(=O)O)o2)c1. The predicted molar refractivity (Wildman–Crippen MR) is 75.9 cm³/mol. The van der Waals surface area contributed by atoms with Crippen LogP contribution in [-0.2, 0) is 13.1 Å². The number of carbonyl (C=O) groups is 2. The fraction of sp³-hybridized carbons (Fsp3) is 0.200. The van der Waals surface area contributed by atoms with Gasteiger partial charge in [-0.05, 0) is 24.6 Å². The Labute approximate surface area is 121 Å². The highest BCUT2D eigenvalue weighted by Gasteiger charge is 2.09. The minimum atomic E-state index is -1.13. The van der Waals surface area contributed by atoms with Crippen molar-refractivity contribution in [1.82, 2.24) is 10.6 Å². The molecule has 0 bridgehead atoms. The maximum Gasteiger partial charge on any atom is 0.371 e. The summed E-state index contributed by atoms with van der Waals surface area (Å²) in [5.74, 6) is -0.893. The van der Waals surface area contributed by atoms with Crippen LogP contribution in [0.4, 0.5) is 4.79 Å². The highest BCUT2D eigenvalue weighted by atomic mass is 16.4. The van der Waals surface area contributed by atoms with E-state index in [-0.39, 0.29) is 18.3 Å². The van der Waals surface area contributed by atoms with Crippen LogP contribution in [0, 0.1) is 6.92 Å². The summed E-state index contributed by atoms with van der Waals surface area (Å²) in [6.45, 7) is 2.54. The lowest BCUT2D eigenvalue weighted by atomic mass is 10.1. The highest BCUT2D eigenvalue weighted by Crippen LogP contribution is 2.07. The van der Waals surface area contributed by atoms with Gasteiger partial charge in [0.1, 0.15) is 5.76 Å². The largest absolute Gasteiger partial charge is 0.475 e. The zero-order chi connectivity index (χ0) is 15.2. The Bertz CT molecular complexity index is 649. The third kappa shape index (κ3) is 4.38. The van der Waals surface area contributed by atoms with Crippen LogP contribution >= 0.6 is 0 Å². The Balaban J connectivity index is 1.78. The molecule has 0 atom stereocenters. The average Bonchev–Trinajstić information content (AvgIpc) is 2.92. The number of carboxylic acids is 1. The van der Waals surface area contributed by atoms with Crippen molar-refractivity contribution in [3.8, 4) is 0 Å². The van der Waals surface area contributed by atoms with Crippen molar-refractivity contribution in [3.63, 3.8) is 0 Å². The van der Waals surface area contributed by atoms with Gasteiger partial charge < -0.3 is 20.2 Å². The summed E-state index contributed by atoms with van der Waals surface area (Å²) < 4.78 is 5.03. The molecule has 6 nitrogen and oxygen atoms in total. The van der Waals surface area contributed by atoms with E-state index in [1.54, 1.807) is 0 Å². The third-order valence-electron chi connectivity index (χ3n) is 2.83. The van der Waals surface area contributed by atoms with Crippen LogP contribution in [-0.4, -0.2) is 17.1 Å². The van der Waals surface area contributed by atoms with Gasteiger partial charge in [-0.3, -0.25) is 0 Å². The van der Waals surface area contributed by atoms with Gasteiger partial charge in [-0.15, -0.1) is 0 Å². The second-order valence-electron chi connectivity index (χ2n) is 4.60. The van der Waals surface area contributed by atoms with Gasteiger partial charge in [0.15, 0.2) is 0 Å². The van der Waals surface area contributed by atoms with E-state index in [9.17, 15) is 9.59 Å². The summed E-state index contributed by atoms with van der Waals surface area (Å²) in [6.07, 6.45) is 0. The van der Waals surface area contributed by atoms with Crippen molar-refractivity contribution in [3.05, 3.63) is 59.0 Å². The van der Waals surface area contributed by atoms with Gasteiger partial charge in [0.2, 0.25) is 5.76 Å². The molecule has 0 saturated carbocycles. The van der Waals surface area contributed by atoms with Crippen molar-refractivity contribution in [1.29, 1.82) is 0 Å². The first kappa shape index (κ1) is 14.6. The summed E-state index contributed by atoms with van der Waals surface area (Å²) in [5, 5.41) is 14.0. The number of aromatic carboxylic acids is 1. The Morgan fingerprint density at radius 3 is 2.57 bits per heavy atom. The number of benzene rings is 1. The lowest BCUT2D eigenvalue weighted by Crippen LogP contribution is -2.34. The smallest absolute Gasteiger partial charge is 0.371 e. The first-order valence-corrected chi connectivity index (χ1v) is 6.44.